The second-order valence-corrected chi connectivity index (χ2v) is 7.53. The van der Waals surface area contributed by atoms with Crippen molar-refractivity contribution >= 4 is 16.6 Å². The first-order valence-electron chi connectivity index (χ1n) is 10.1. The fourth-order valence-electron chi connectivity index (χ4n) is 3.80. The van der Waals surface area contributed by atoms with Gasteiger partial charge in [0, 0.05) is 23.5 Å². The van der Waals surface area contributed by atoms with Gasteiger partial charge in [0.1, 0.15) is 11.6 Å². The number of rotatable bonds is 7. The number of hydrogen-bond acceptors (Lipinski definition) is 2. The number of aryl methyl sites for hydroxylation is 2. The van der Waals surface area contributed by atoms with Gasteiger partial charge >= 0.3 is 0 Å². The molecule has 4 rings (SSSR count). The van der Waals surface area contributed by atoms with Gasteiger partial charge in [-0.3, -0.25) is 4.79 Å². The molecule has 0 aliphatic carbocycles. The summed E-state index contributed by atoms with van der Waals surface area (Å²) in [5.74, 6) is 0.419. The van der Waals surface area contributed by atoms with Gasteiger partial charge in [-0.25, -0.2) is 4.39 Å². The van der Waals surface area contributed by atoms with E-state index in [-0.39, 0.29) is 18.2 Å². The van der Waals surface area contributed by atoms with E-state index in [9.17, 15) is 9.18 Å². The highest BCUT2D eigenvalue weighted by Gasteiger charge is 2.16. The molecule has 152 valence electrons. The number of ketones is 1. The third kappa shape index (κ3) is 4.28. The molecule has 0 bridgehead atoms. The molecule has 3 aromatic carbocycles. The first kappa shape index (κ1) is 19.9. The number of nitrogens with zero attached hydrogens (tertiary/aromatic N) is 1. The summed E-state index contributed by atoms with van der Waals surface area (Å²) in [5.41, 5.74) is 3.72. The Labute approximate surface area is 175 Å². The lowest BCUT2D eigenvalue weighted by atomic mass is 10.1. The van der Waals surface area contributed by atoms with Crippen molar-refractivity contribution in [2.45, 2.75) is 26.8 Å². The zero-order chi connectivity index (χ0) is 21.1. The zero-order valence-electron chi connectivity index (χ0n) is 17.2. The maximum atomic E-state index is 13.1. The van der Waals surface area contributed by atoms with Crippen LogP contribution in [0.25, 0.3) is 10.8 Å². The average molecular weight is 401 g/mol. The molecule has 3 nitrogen and oxygen atoms in total. The molecule has 0 N–H and O–H groups in total. The van der Waals surface area contributed by atoms with Crippen LogP contribution in [0, 0.1) is 19.7 Å². The Morgan fingerprint density at radius 1 is 0.933 bits per heavy atom. The number of hydrogen-bond donors (Lipinski definition) is 0. The van der Waals surface area contributed by atoms with Crippen LogP contribution in [-0.2, 0) is 13.0 Å². The third-order valence-corrected chi connectivity index (χ3v) is 5.50. The van der Waals surface area contributed by atoms with Gasteiger partial charge in [0.2, 0.25) is 5.78 Å². The minimum Gasteiger partial charge on any atom is -0.485 e. The Morgan fingerprint density at radius 2 is 1.67 bits per heavy atom. The molecule has 1 aromatic heterocycles. The van der Waals surface area contributed by atoms with E-state index in [1.807, 2.05) is 62.4 Å². The normalized spacial score (nSPS) is 11.0. The van der Waals surface area contributed by atoms with E-state index in [4.69, 9.17) is 4.74 Å². The summed E-state index contributed by atoms with van der Waals surface area (Å²) >= 11 is 0. The summed E-state index contributed by atoms with van der Waals surface area (Å²) in [6.45, 7) is 4.70. The number of carbonyl (C=O) groups is 1. The van der Waals surface area contributed by atoms with E-state index in [2.05, 4.69) is 4.57 Å². The van der Waals surface area contributed by atoms with Crippen LogP contribution in [-0.4, -0.2) is 17.0 Å². The SMILES string of the molecule is Cc1cc(C(=O)COc2ccc3ccccc3c2)c(C)n1CCc1ccc(F)cc1. The summed E-state index contributed by atoms with van der Waals surface area (Å²) in [4.78, 5) is 12.8. The average Bonchev–Trinajstić information content (AvgIpc) is 3.05. The van der Waals surface area contributed by atoms with Gasteiger partial charge in [-0.1, -0.05) is 42.5 Å². The summed E-state index contributed by atoms with van der Waals surface area (Å²) in [6, 6.07) is 22.4. The lowest BCUT2D eigenvalue weighted by molar-refractivity contribution is 0.0921. The molecular formula is C26H24FNO2. The van der Waals surface area contributed by atoms with Gasteiger partial charge in [-0.15, -0.1) is 0 Å². The van der Waals surface area contributed by atoms with Crippen LogP contribution in [0.5, 0.6) is 5.75 Å². The highest BCUT2D eigenvalue weighted by atomic mass is 19.1. The van der Waals surface area contributed by atoms with Gasteiger partial charge in [-0.2, -0.15) is 0 Å². The lowest BCUT2D eigenvalue weighted by Crippen LogP contribution is -2.13. The number of ether oxygens (including phenoxy) is 1. The van der Waals surface area contributed by atoms with E-state index >= 15 is 0 Å². The van der Waals surface area contributed by atoms with Gasteiger partial charge in [0.15, 0.2) is 6.61 Å². The molecule has 0 saturated heterocycles. The fraction of sp³-hybridized carbons (Fsp3) is 0.192. The summed E-state index contributed by atoms with van der Waals surface area (Å²) in [6.07, 6.45) is 0.776. The fourth-order valence-corrected chi connectivity index (χ4v) is 3.80. The summed E-state index contributed by atoms with van der Waals surface area (Å²) < 4.78 is 21.0. The second kappa shape index (κ2) is 8.54. The van der Waals surface area contributed by atoms with Crippen molar-refractivity contribution in [2.75, 3.05) is 6.61 Å². The predicted octanol–water partition coefficient (Wildman–Crippen LogP) is 5.90. The minimum atomic E-state index is -0.230. The first-order valence-corrected chi connectivity index (χ1v) is 10.1. The predicted molar refractivity (Wildman–Crippen MR) is 118 cm³/mol. The number of halogens is 1. The van der Waals surface area contributed by atoms with Crippen molar-refractivity contribution in [1.82, 2.24) is 4.57 Å². The van der Waals surface area contributed by atoms with E-state index < -0.39 is 0 Å². The lowest BCUT2D eigenvalue weighted by Gasteiger charge is -2.10. The Balaban J connectivity index is 1.43. The molecular weight excluding hydrogens is 377 g/mol. The monoisotopic (exact) mass is 401 g/mol. The number of fused-ring (bicyclic) bond motifs is 1. The molecule has 30 heavy (non-hydrogen) atoms. The second-order valence-electron chi connectivity index (χ2n) is 7.53. The molecule has 0 aliphatic rings. The van der Waals surface area contributed by atoms with Crippen LogP contribution in [0.1, 0.15) is 27.3 Å². The standard InChI is InChI=1S/C26H24FNO2/c1-18-15-25(19(2)28(18)14-13-20-7-10-23(27)11-8-20)26(29)17-30-24-12-9-21-5-3-4-6-22(21)16-24/h3-12,15-16H,13-14,17H2,1-2H3. The molecule has 0 spiro atoms. The molecule has 0 unspecified atom stereocenters. The Morgan fingerprint density at radius 3 is 2.43 bits per heavy atom. The number of Topliss-reactive ketones (excluding diaryl/α,β-unsaturated/α-hetero) is 1. The maximum Gasteiger partial charge on any atom is 0.202 e. The van der Waals surface area contributed by atoms with Gasteiger partial charge in [0.05, 0.1) is 0 Å². The molecule has 4 aromatic rings. The molecule has 0 aliphatic heterocycles. The van der Waals surface area contributed by atoms with Crippen LogP contribution in [0.4, 0.5) is 4.39 Å². The van der Waals surface area contributed by atoms with Crippen molar-refractivity contribution in [3.05, 3.63) is 101 Å². The number of aromatic nitrogens is 1. The van der Waals surface area contributed by atoms with Gasteiger partial charge in [0.25, 0.3) is 0 Å². The van der Waals surface area contributed by atoms with Crippen LogP contribution in [0.15, 0.2) is 72.8 Å². The summed E-state index contributed by atoms with van der Waals surface area (Å²) in [7, 11) is 0. The molecule has 4 heteroatoms. The molecule has 0 fully saturated rings. The smallest absolute Gasteiger partial charge is 0.202 e. The molecule has 0 atom stereocenters. The van der Waals surface area contributed by atoms with E-state index in [1.165, 1.54) is 12.1 Å². The molecule has 0 amide bonds. The maximum absolute atomic E-state index is 13.1. The van der Waals surface area contributed by atoms with Gasteiger partial charge < -0.3 is 9.30 Å². The van der Waals surface area contributed by atoms with E-state index in [0.717, 1.165) is 40.7 Å². The molecule has 0 saturated carbocycles. The van der Waals surface area contributed by atoms with Crippen LogP contribution < -0.4 is 4.74 Å². The molecule has 1 heterocycles. The minimum absolute atomic E-state index is 0.000591. The Kier molecular flexibility index (Phi) is 5.66. The number of benzene rings is 3. The molecule has 0 radical (unpaired) electrons. The van der Waals surface area contributed by atoms with Crippen molar-refractivity contribution < 1.29 is 13.9 Å². The zero-order valence-corrected chi connectivity index (χ0v) is 17.2. The van der Waals surface area contributed by atoms with Crippen LogP contribution >= 0.6 is 0 Å². The third-order valence-electron chi connectivity index (χ3n) is 5.50. The Bertz CT molecular complexity index is 1190. The topological polar surface area (TPSA) is 31.2 Å². The Hall–Kier alpha value is -3.40. The quantitative estimate of drug-likeness (QED) is 0.361. The van der Waals surface area contributed by atoms with Gasteiger partial charge in [-0.05, 0) is 66.9 Å². The highest BCUT2D eigenvalue weighted by molar-refractivity contribution is 5.98. The van der Waals surface area contributed by atoms with Crippen molar-refractivity contribution in [2.24, 2.45) is 0 Å². The van der Waals surface area contributed by atoms with E-state index in [0.29, 0.717) is 11.3 Å². The van der Waals surface area contributed by atoms with Crippen LogP contribution in [0.3, 0.4) is 0 Å². The number of carbonyl (C=O) groups excluding carboxylic acids is 1. The largest absolute Gasteiger partial charge is 0.485 e. The van der Waals surface area contributed by atoms with E-state index in [1.54, 1.807) is 12.1 Å². The van der Waals surface area contributed by atoms with Crippen molar-refractivity contribution in [1.29, 1.82) is 0 Å². The summed E-state index contributed by atoms with van der Waals surface area (Å²) in [5, 5.41) is 2.22. The van der Waals surface area contributed by atoms with Crippen molar-refractivity contribution in [3.8, 4) is 5.75 Å². The van der Waals surface area contributed by atoms with Crippen molar-refractivity contribution in [3.63, 3.8) is 0 Å². The first-order chi connectivity index (χ1) is 14.5. The highest BCUT2D eigenvalue weighted by Crippen LogP contribution is 2.22. The van der Waals surface area contributed by atoms with Crippen LogP contribution in [0.2, 0.25) is 0 Å².